The van der Waals surface area contributed by atoms with Crippen LogP contribution < -0.4 is 0 Å². The van der Waals surface area contributed by atoms with Gasteiger partial charge < -0.3 is 20.4 Å². The fourth-order valence-electron chi connectivity index (χ4n) is 7.85. The van der Waals surface area contributed by atoms with Gasteiger partial charge in [-0.15, -0.1) is 0 Å². The van der Waals surface area contributed by atoms with Crippen molar-refractivity contribution in [2.45, 2.75) is 95.5 Å². The topological polar surface area (TPSA) is 98.0 Å². The van der Waals surface area contributed by atoms with E-state index in [1.54, 1.807) is 0 Å². The number of aliphatic hydroxyl groups is 4. The van der Waals surface area contributed by atoms with E-state index in [-0.39, 0.29) is 30.0 Å². The van der Waals surface area contributed by atoms with E-state index in [0.29, 0.717) is 25.7 Å². The standard InChI is InChI=1S/C21H34O5/c1-12(22)20(25)9-6-16-14-10-17(24)21(26)11-13(23)4-7-19(21,3)15(14)5-8-18(16,20)2/h13-17,23-26H,4-11H2,1-3H3/t13-,14-,15+,16+,17-,18+,19-,20+,21+/m1/s1. The minimum Gasteiger partial charge on any atom is -0.393 e. The summed E-state index contributed by atoms with van der Waals surface area (Å²) < 4.78 is 0. The molecule has 5 heteroatoms. The summed E-state index contributed by atoms with van der Waals surface area (Å²) in [4.78, 5) is 12.3. The van der Waals surface area contributed by atoms with Gasteiger partial charge in [0, 0.05) is 17.3 Å². The zero-order chi connectivity index (χ0) is 19.1. The van der Waals surface area contributed by atoms with Gasteiger partial charge in [0.15, 0.2) is 5.78 Å². The first kappa shape index (κ1) is 18.9. The van der Waals surface area contributed by atoms with Gasteiger partial charge >= 0.3 is 0 Å². The zero-order valence-corrected chi connectivity index (χ0v) is 16.2. The van der Waals surface area contributed by atoms with Crippen molar-refractivity contribution < 1.29 is 25.2 Å². The smallest absolute Gasteiger partial charge is 0.161 e. The summed E-state index contributed by atoms with van der Waals surface area (Å²) in [5.41, 5.74) is -3.37. The first-order chi connectivity index (χ1) is 12.0. The molecule has 4 saturated carbocycles. The van der Waals surface area contributed by atoms with Crippen molar-refractivity contribution in [2.75, 3.05) is 0 Å². The van der Waals surface area contributed by atoms with Crippen LogP contribution in [0.2, 0.25) is 0 Å². The lowest BCUT2D eigenvalue weighted by atomic mass is 9.42. The summed E-state index contributed by atoms with van der Waals surface area (Å²) in [7, 11) is 0. The van der Waals surface area contributed by atoms with Crippen LogP contribution in [-0.2, 0) is 4.79 Å². The van der Waals surface area contributed by atoms with E-state index in [0.717, 1.165) is 19.3 Å². The number of fused-ring (bicyclic) bond motifs is 5. The van der Waals surface area contributed by atoms with Gasteiger partial charge in [-0.1, -0.05) is 13.8 Å². The van der Waals surface area contributed by atoms with Crippen LogP contribution in [0.1, 0.15) is 72.1 Å². The largest absolute Gasteiger partial charge is 0.393 e. The van der Waals surface area contributed by atoms with Gasteiger partial charge in [0.25, 0.3) is 0 Å². The molecule has 4 aliphatic rings. The molecule has 4 fully saturated rings. The molecule has 4 N–H and O–H groups in total. The molecular formula is C21H34O5. The van der Waals surface area contributed by atoms with E-state index in [4.69, 9.17) is 0 Å². The first-order valence-corrected chi connectivity index (χ1v) is 10.3. The quantitative estimate of drug-likeness (QED) is 0.567. The number of hydrogen-bond donors (Lipinski definition) is 4. The van der Waals surface area contributed by atoms with Gasteiger partial charge in [-0.3, -0.25) is 4.79 Å². The highest BCUT2D eigenvalue weighted by atomic mass is 16.3. The summed E-state index contributed by atoms with van der Waals surface area (Å²) in [6.07, 6.45) is 3.63. The van der Waals surface area contributed by atoms with Crippen molar-refractivity contribution in [1.29, 1.82) is 0 Å². The average Bonchev–Trinajstić information content (AvgIpc) is 2.84. The van der Waals surface area contributed by atoms with Crippen molar-refractivity contribution >= 4 is 5.78 Å². The predicted molar refractivity (Wildman–Crippen MR) is 96.2 cm³/mol. The molecule has 0 spiro atoms. The Morgan fingerprint density at radius 1 is 0.923 bits per heavy atom. The molecule has 0 unspecified atom stereocenters. The van der Waals surface area contributed by atoms with Crippen molar-refractivity contribution in [1.82, 2.24) is 0 Å². The number of ketones is 1. The molecule has 0 aliphatic heterocycles. The molecule has 4 aliphatic carbocycles. The van der Waals surface area contributed by atoms with Crippen LogP contribution in [0.4, 0.5) is 0 Å². The van der Waals surface area contributed by atoms with Crippen molar-refractivity contribution in [3.63, 3.8) is 0 Å². The van der Waals surface area contributed by atoms with E-state index in [9.17, 15) is 25.2 Å². The maximum Gasteiger partial charge on any atom is 0.161 e. The highest BCUT2D eigenvalue weighted by Crippen LogP contribution is 2.69. The zero-order valence-electron chi connectivity index (χ0n) is 16.2. The fourth-order valence-corrected chi connectivity index (χ4v) is 7.85. The molecule has 0 saturated heterocycles. The van der Waals surface area contributed by atoms with E-state index >= 15 is 0 Å². The molecule has 9 atom stereocenters. The second-order valence-electron chi connectivity index (χ2n) is 10.3. The Morgan fingerprint density at radius 3 is 2.15 bits per heavy atom. The van der Waals surface area contributed by atoms with Crippen LogP contribution in [0, 0.1) is 28.6 Å². The molecule has 0 radical (unpaired) electrons. The third kappa shape index (κ3) is 2.04. The van der Waals surface area contributed by atoms with Gasteiger partial charge in [-0.2, -0.15) is 0 Å². The van der Waals surface area contributed by atoms with Gasteiger partial charge in [-0.05, 0) is 69.6 Å². The Morgan fingerprint density at radius 2 is 1.50 bits per heavy atom. The van der Waals surface area contributed by atoms with Gasteiger partial charge in [0.2, 0.25) is 0 Å². The number of Topliss-reactive ketones (excluding diaryl/α,β-unsaturated/α-hetero) is 1. The van der Waals surface area contributed by atoms with Gasteiger partial charge in [-0.25, -0.2) is 0 Å². The Balaban J connectivity index is 1.72. The minimum atomic E-state index is -1.26. The second kappa shape index (κ2) is 5.53. The molecule has 0 aromatic heterocycles. The molecule has 5 nitrogen and oxygen atoms in total. The lowest BCUT2D eigenvalue weighted by molar-refractivity contribution is -0.267. The molecule has 0 aromatic carbocycles. The third-order valence-corrected chi connectivity index (χ3v) is 9.57. The molecule has 26 heavy (non-hydrogen) atoms. The molecule has 0 heterocycles. The van der Waals surface area contributed by atoms with Crippen LogP contribution in [-0.4, -0.2) is 49.6 Å². The minimum absolute atomic E-state index is 0.138. The van der Waals surface area contributed by atoms with Crippen LogP contribution in [0.5, 0.6) is 0 Å². The fraction of sp³-hybridized carbons (Fsp3) is 0.952. The molecule has 0 aromatic rings. The number of rotatable bonds is 1. The van der Waals surface area contributed by atoms with Crippen molar-refractivity contribution in [2.24, 2.45) is 28.6 Å². The van der Waals surface area contributed by atoms with E-state index in [2.05, 4.69) is 13.8 Å². The van der Waals surface area contributed by atoms with Gasteiger partial charge in [0.05, 0.1) is 17.8 Å². The Hall–Kier alpha value is -0.490. The van der Waals surface area contributed by atoms with E-state index in [1.807, 2.05) is 0 Å². The monoisotopic (exact) mass is 366 g/mol. The van der Waals surface area contributed by atoms with Crippen LogP contribution in [0.3, 0.4) is 0 Å². The van der Waals surface area contributed by atoms with Crippen LogP contribution in [0.25, 0.3) is 0 Å². The normalized spacial score (nSPS) is 59.3. The Kier molecular flexibility index (Phi) is 4.01. The number of carbonyl (C=O) groups excluding carboxylic acids is 1. The summed E-state index contributed by atoms with van der Waals surface area (Å²) >= 11 is 0. The molecule has 0 bridgehead atoms. The van der Waals surface area contributed by atoms with Crippen LogP contribution >= 0.6 is 0 Å². The Bertz CT molecular complexity index is 622. The molecule has 4 rings (SSSR count). The maximum absolute atomic E-state index is 12.3. The van der Waals surface area contributed by atoms with E-state index in [1.165, 1.54) is 6.92 Å². The summed E-state index contributed by atoms with van der Waals surface area (Å²) in [5, 5.41) is 43.6. The highest BCUT2D eigenvalue weighted by Gasteiger charge is 2.70. The van der Waals surface area contributed by atoms with Gasteiger partial charge in [0.1, 0.15) is 5.60 Å². The summed E-state index contributed by atoms with van der Waals surface area (Å²) in [6, 6.07) is 0. The molecule has 148 valence electrons. The summed E-state index contributed by atoms with van der Waals surface area (Å²) in [5.74, 6) is 0.521. The third-order valence-electron chi connectivity index (χ3n) is 9.57. The van der Waals surface area contributed by atoms with Crippen molar-refractivity contribution in [3.8, 4) is 0 Å². The number of aliphatic hydroxyl groups excluding tert-OH is 2. The lowest BCUT2D eigenvalue weighted by Crippen LogP contribution is -2.69. The lowest BCUT2D eigenvalue weighted by Gasteiger charge is -2.65. The molecular weight excluding hydrogens is 332 g/mol. The van der Waals surface area contributed by atoms with E-state index < -0.39 is 34.2 Å². The second-order valence-corrected chi connectivity index (χ2v) is 10.3. The number of carbonyl (C=O) groups is 1. The SMILES string of the molecule is CC(=O)[C@@]1(O)CC[C@H]2[C@@H]3C[C@@H](O)[C@@]4(O)C[C@H](O)CC[C@]4(C)[C@H]3CC[C@@]21C. The van der Waals surface area contributed by atoms with Crippen molar-refractivity contribution in [3.05, 3.63) is 0 Å². The number of hydrogen-bond acceptors (Lipinski definition) is 5. The first-order valence-electron chi connectivity index (χ1n) is 10.3. The average molecular weight is 366 g/mol. The molecule has 0 amide bonds. The highest BCUT2D eigenvalue weighted by molar-refractivity contribution is 5.86. The maximum atomic E-state index is 12.3. The summed E-state index contributed by atoms with van der Waals surface area (Å²) in [6.45, 7) is 5.65. The van der Waals surface area contributed by atoms with Crippen LogP contribution in [0.15, 0.2) is 0 Å². The predicted octanol–water partition coefficient (Wildman–Crippen LogP) is 1.80. The Labute approximate surface area is 155 Å².